The average molecular weight is 302 g/mol. The van der Waals surface area contributed by atoms with Crippen molar-refractivity contribution in [1.82, 2.24) is 4.90 Å². The minimum Gasteiger partial charge on any atom is -0.396 e. The van der Waals surface area contributed by atoms with E-state index in [1.165, 1.54) is 11.1 Å². The fraction of sp³-hybridized carbons (Fsp3) is 0.529. The SMILES string of the molecule is O=C(Nc1ccc2c(c1)CCC2)C(=O)N1CCC(CO)CC1. The van der Waals surface area contributed by atoms with Crippen molar-refractivity contribution >= 4 is 17.5 Å². The van der Waals surface area contributed by atoms with Crippen molar-refractivity contribution in [2.45, 2.75) is 32.1 Å². The predicted molar refractivity (Wildman–Crippen MR) is 83.5 cm³/mol. The molecule has 2 amide bonds. The standard InChI is InChI=1S/C17H22N2O3/c20-11-12-6-8-19(9-7-12)17(22)16(21)18-15-5-4-13-2-1-3-14(13)10-15/h4-5,10,12,20H,1-3,6-9,11H2,(H,18,21). The molecule has 0 atom stereocenters. The molecule has 1 aliphatic carbocycles. The third-order valence-corrected chi connectivity index (χ3v) is 4.71. The van der Waals surface area contributed by atoms with Crippen LogP contribution in [-0.2, 0) is 22.4 Å². The number of likely N-dealkylation sites (tertiary alicyclic amines) is 1. The van der Waals surface area contributed by atoms with Crippen LogP contribution in [0.15, 0.2) is 18.2 Å². The number of hydrogen-bond acceptors (Lipinski definition) is 3. The highest BCUT2D eigenvalue weighted by atomic mass is 16.3. The minimum atomic E-state index is -0.569. The number of aliphatic hydroxyl groups excluding tert-OH is 1. The summed E-state index contributed by atoms with van der Waals surface area (Å²) >= 11 is 0. The van der Waals surface area contributed by atoms with Crippen LogP contribution in [0.4, 0.5) is 5.69 Å². The molecule has 2 aliphatic rings. The first kappa shape index (κ1) is 15.0. The number of carbonyl (C=O) groups excluding carboxylic acids is 2. The number of aliphatic hydroxyl groups is 1. The summed E-state index contributed by atoms with van der Waals surface area (Å²) in [7, 11) is 0. The van der Waals surface area contributed by atoms with E-state index in [9.17, 15) is 9.59 Å². The van der Waals surface area contributed by atoms with Crippen molar-refractivity contribution in [3.05, 3.63) is 29.3 Å². The summed E-state index contributed by atoms with van der Waals surface area (Å²) < 4.78 is 0. The van der Waals surface area contributed by atoms with Crippen molar-refractivity contribution in [3.8, 4) is 0 Å². The molecule has 1 heterocycles. The fourth-order valence-corrected chi connectivity index (χ4v) is 3.30. The number of piperidine rings is 1. The Hall–Kier alpha value is -1.88. The van der Waals surface area contributed by atoms with Crippen LogP contribution in [0, 0.1) is 5.92 Å². The van der Waals surface area contributed by atoms with Gasteiger partial charge in [0.05, 0.1) is 0 Å². The molecule has 0 aromatic heterocycles. The van der Waals surface area contributed by atoms with E-state index in [-0.39, 0.29) is 12.5 Å². The van der Waals surface area contributed by atoms with Crippen LogP contribution in [0.2, 0.25) is 0 Å². The van der Waals surface area contributed by atoms with Gasteiger partial charge in [-0.15, -0.1) is 0 Å². The largest absolute Gasteiger partial charge is 0.396 e. The third-order valence-electron chi connectivity index (χ3n) is 4.71. The number of amides is 2. The lowest BCUT2D eigenvalue weighted by atomic mass is 9.98. The second-order valence-electron chi connectivity index (χ2n) is 6.21. The topological polar surface area (TPSA) is 69.6 Å². The van der Waals surface area contributed by atoms with Crippen molar-refractivity contribution in [2.24, 2.45) is 5.92 Å². The van der Waals surface area contributed by atoms with Crippen molar-refractivity contribution < 1.29 is 14.7 Å². The van der Waals surface area contributed by atoms with Crippen LogP contribution in [0.1, 0.15) is 30.4 Å². The quantitative estimate of drug-likeness (QED) is 0.810. The lowest BCUT2D eigenvalue weighted by Crippen LogP contribution is -2.44. The van der Waals surface area contributed by atoms with E-state index in [0.717, 1.165) is 32.1 Å². The number of rotatable bonds is 2. The van der Waals surface area contributed by atoms with Gasteiger partial charge >= 0.3 is 11.8 Å². The second-order valence-corrected chi connectivity index (χ2v) is 6.21. The molecule has 5 nitrogen and oxygen atoms in total. The maximum Gasteiger partial charge on any atom is 0.313 e. The smallest absolute Gasteiger partial charge is 0.313 e. The van der Waals surface area contributed by atoms with E-state index in [2.05, 4.69) is 5.32 Å². The van der Waals surface area contributed by atoms with Crippen LogP contribution in [0.3, 0.4) is 0 Å². The van der Waals surface area contributed by atoms with Gasteiger partial charge in [0, 0.05) is 25.4 Å². The van der Waals surface area contributed by atoms with Gasteiger partial charge in [0.25, 0.3) is 0 Å². The van der Waals surface area contributed by atoms with Gasteiger partial charge in [-0.1, -0.05) is 6.07 Å². The van der Waals surface area contributed by atoms with Crippen molar-refractivity contribution in [1.29, 1.82) is 0 Å². The van der Waals surface area contributed by atoms with E-state index in [4.69, 9.17) is 5.11 Å². The molecule has 0 unspecified atom stereocenters. The highest BCUT2D eigenvalue weighted by molar-refractivity contribution is 6.39. The van der Waals surface area contributed by atoms with Crippen LogP contribution in [0.25, 0.3) is 0 Å². The highest BCUT2D eigenvalue weighted by Crippen LogP contribution is 2.25. The van der Waals surface area contributed by atoms with Crippen molar-refractivity contribution in [3.63, 3.8) is 0 Å². The van der Waals surface area contributed by atoms with Gasteiger partial charge in [-0.05, 0) is 61.3 Å². The number of aryl methyl sites for hydroxylation is 2. The van der Waals surface area contributed by atoms with Gasteiger partial charge in [0.15, 0.2) is 0 Å². The molecule has 5 heteroatoms. The zero-order valence-corrected chi connectivity index (χ0v) is 12.7. The molecule has 1 aromatic carbocycles. The summed E-state index contributed by atoms with van der Waals surface area (Å²) in [4.78, 5) is 25.9. The Morgan fingerprint density at radius 3 is 2.64 bits per heavy atom. The molecule has 1 saturated heterocycles. The van der Waals surface area contributed by atoms with Gasteiger partial charge in [0.2, 0.25) is 0 Å². The molecule has 0 bridgehead atoms. The molecule has 1 aromatic rings. The number of carbonyl (C=O) groups is 2. The van der Waals surface area contributed by atoms with Gasteiger partial charge < -0.3 is 15.3 Å². The molecule has 1 fully saturated rings. The number of anilines is 1. The Morgan fingerprint density at radius 2 is 1.91 bits per heavy atom. The minimum absolute atomic E-state index is 0.156. The molecule has 0 spiro atoms. The molecule has 22 heavy (non-hydrogen) atoms. The monoisotopic (exact) mass is 302 g/mol. The lowest BCUT2D eigenvalue weighted by molar-refractivity contribution is -0.144. The predicted octanol–water partition coefficient (Wildman–Crippen LogP) is 1.34. The number of fused-ring (bicyclic) bond motifs is 1. The molecule has 3 rings (SSSR count). The van der Waals surface area contributed by atoms with Crippen molar-refractivity contribution in [2.75, 3.05) is 25.0 Å². The van der Waals surface area contributed by atoms with Crippen LogP contribution >= 0.6 is 0 Å². The first-order chi connectivity index (χ1) is 10.7. The third kappa shape index (κ3) is 3.14. The lowest BCUT2D eigenvalue weighted by Gasteiger charge is -2.30. The zero-order chi connectivity index (χ0) is 15.5. The summed E-state index contributed by atoms with van der Waals surface area (Å²) in [6.07, 6.45) is 4.82. The summed E-state index contributed by atoms with van der Waals surface area (Å²) in [5.74, 6) is -0.791. The van der Waals surface area contributed by atoms with Gasteiger partial charge in [-0.2, -0.15) is 0 Å². The molecule has 0 radical (unpaired) electrons. The van der Waals surface area contributed by atoms with Gasteiger partial charge in [0.1, 0.15) is 0 Å². The number of hydrogen-bond donors (Lipinski definition) is 2. The normalized spacial score (nSPS) is 18.1. The fourth-order valence-electron chi connectivity index (χ4n) is 3.30. The Bertz CT molecular complexity index is 577. The first-order valence-electron chi connectivity index (χ1n) is 8.00. The Labute approximate surface area is 130 Å². The summed E-state index contributed by atoms with van der Waals surface area (Å²) in [6, 6.07) is 5.88. The van der Waals surface area contributed by atoms with E-state index in [0.29, 0.717) is 18.8 Å². The van der Waals surface area contributed by atoms with E-state index in [1.807, 2.05) is 18.2 Å². The molecule has 1 aliphatic heterocycles. The summed E-state index contributed by atoms with van der Waals surface area (Å²) in [5.41, 5.74) is 3.31. The van der Waals surface area contributed by atoms with E-state index >= 15 is 0 Å². The maximum atomic E-state index is 12.2. The van der Waals surface area contributed by atoms with Gasteiger partial charge in [-0.3, -0.25) is 9.59 Å². The first-order valence-corrected chi connectivity index (χ1v) is 8.00. The van der Waals surface area contributed by atoms with E-state index in [1.54, 1.807) is 4.90 Å². The molecule has 2 N–H and O–H groups in total. The Balaban J connectivity index is 1.58. The Kier molecular flexibility index (Phi) is 4.43. The second kappa shape index (κ2) is 6.48. The van der Waals surface area contributed by atoms with Crippen LogP contribution in [0.5, 0.6) is 0 Å². The number of nitrogens with one attached hydrogen (secondary N) is 1. The number of nitrogens with zero attached hydrogens (tertiary/aromatic N) is 1. The molecule has 0 saturated carbocycles. The van der Waals surface area contributed by atoms with Gasteiger partial charge in [-0.25, -0.2) is 0 Å². The highest BCUT2D eigenvalue weighted by Gasteiger charge is 2.26. The summed E-state index contributed by atoms with van der Waals surface area (Å²) in [5, 5.41) is 11.8. The van der Waals surface area contributed by atoms with E-state index < -0.39 is 11.8 Å². The van der Waals surface area contributed by atoms with Crippen LogP contribution < -0.4 is 5.32 Å². The average Bonchev–Trinajstić information content (AvgIpc) is 3.02. The molecule has 118 valence electrons. The summed E-state index contributed by atoms with van der Waals surface area (Å²) in [6.45, 7) is 1.24. The zero-order valence-electron chi connectivity index (χ0n) is 12.7. The maximum absolute atomic E-state index is 12.2. The Morgan fingerprint density at radius 1 is 1.18 bits per heavy atom. The molecular weight excluding hydrogens is 280 g/mol. The van der Waals surface area contributed by atoms with Crippen LogP contribution in [-0.4, -0.2) is 41.5 Å². The number of benzene rings is 1. The molecular formula is C17H22N2O3.